The number of thioether (sulfide) groups is 1. The van der Waals surface area contributed by atoms with Gasteiger partial charge in [0.1, 0.15) is 6.61 Å². The molecule has 0 saturated heterocycles. The molecule has 0 radical (unpaired) electrons. The molecule has 1 aliphatic rings. The molecule has 3 nitrogen and oxygen atoms in total. The largest absolute Gasteiger partial charge is 0.493 e. The van der Waals surface area contributed by atoms with Crippen LogP contribution in [-0.2, 0) is 6.61 Å². The van der Waals surface area contributed by atoms with Crippen LogP contribution >= 0.6 is 50.9 Å². The number of benzene rings is 3. The molecule has 1 heterocycles. The number of rotatable bonds is 5. The third-order valence-corrected chi connectivity index (χ3v) is 6.79. The van der Waals surface area contributed by atoms with Gasteiger partial charge in [-0.1, -0.05) is 53.2 Å². The first-order chi connectivity index (χ1) is 14.5. The van der Waals surface area contributed by atoms with Crippen molar-refractivity contribution in [3.05, 3.63) is 90.7 Å². The minimum Gasteiger partial charge on any atom is -0.493 e. The Kier molecular flexibility index (Phi) is 6.44. The highest BCUT2D eigenvalue weighted by atomic mass is 79.9. The Morgan fingerprint density at radius 1 is 1.10 bits per heavy atom. The fraction of sp³-hybridized carbons (Fsp3) is 0.0870. The lowest BCUT2D eigenvalue weighted by molar-refractivity contribution is 0.104. The van der Waals surface area contributed by atoms with E-state index in [1.807, 2.05) is 48.5 Å². The highest BCUT2D eigenvalue weighted by Gasteiger charge is 2.25. The molecule has 0 bridgehead atoms. The molecule has 4 rings (SSSR count). The summed E-state index contributed by atoms with van der Waals surface area (Å²) in [6.45, 7) is 0.259. The average Bonchev–Trinajstić information content (AvgIpc) is 3.03. The summed E-state index contributed by atoms with van der Waals surface area (Å²) in [6, 6.07) is 16.6. The Balaban J connectivity index is 1.59. The van der Waals surface area contributed by atoms with Crippen molar-refractivity contribution in [1.29, 1.82) is 0 Å². The maximum atomic E-state index is 12.6. The van der Waals surface area contributed by atoms with Crippen molar-refractivity contribution in [1.82, 2.24) is 0 Å². The zero-order valence-electron chi connectivity index (χ0n) is 15.7. The molecule has 0 aliphatic carbocycles. The predicted octanol–water partition coefficient (Wildman–Crippen LogP) is 7.67. The number of ether oxygens (including phenoxy) is 2. The number of fused-ring (bicyclic) bond motifs is 1. The molecular weight excluding hydrogens is 507 g/mol. The van der Waals surface area contributed by atoms with Crippen molar-refractivity contribution in [2.75, 3.05) is 7.11 Å². The maximum absolute atomic E-state index is 12.6. The monoisotopic (exact) mass is 520 g/mol. The van der Waals surface area contributed by atoms with E-state index in [1.165, 1.54) is 11.8 Å². The van der Waals surface area contributed by atoms with Crippen LogP contribution in [0.5, 0.6) is 11.5 Å². The molecule has 0 saturated carbocycles. The van der Waals surface area contributed by atoms with Gasteiger partial charge in [-0.2, -0.15) is 0 Å². The molecule has 3 aromatic carbocycles. The van der Waals surface area contributed by atoms with Crippen LogP contribution in [0.15, 0.2) is 68.9 Å². The summed E-state index contributed by atoms with van der Waals surface area (Å²) in [7, 11) is 1.58. The molecular formula is C23H15BrCl2O3S. The van der Waals surface area contributed by atoms with Gasteiger partial charge >= 0.3 is 0 Å². The smallest absolute Gasteiger partial charge is 0.200 e. The Bertz CT molecular complexity index is 1180. The number of hydrogen-bond acceptors (Lipinski definition) is 4. The average molecular weight is 522 g/mol. The second-order valence-electron chi connectivity index (χ2n) is 6.49. The Morgan fingerprint density at radius 2 is 1.90 bits per heavy atom. The van der Waals surface area contributed by atoms with Crippen LogP contribution in [0, 0.1) is 0 Å². The number of carbonyl (C=O) groups is 1. The van der Waals surface area contributed by atoms with E-state index in [-0.39, 0.29) is 12.4 Å². The van der Waals surface area contributed by atoms with Crippen LogP contribution < -0.4 is 9.47 Å². The van der Waals surface area contributed by atoms with Gasteiger partial charge < -0.3 is 9.47 Å². The highest BCUT2D eigenvalue weighted by Crippen LogP contribution is 2.42. The van der Waals surface area contributed by atoms with E-state index >= 15 is 0 Å². The number of Topliss-reactive ketones (excluding diaryl/α,β-unsaturated/α-hetero) is 1. The van der Waals surface area contributed by atoms with Gasteiger partial charge in [-0.3, -0.25) is 4.79 Å². The van der Waals surface area contributed by atoms with E-state index in [4.69, 9.17) is 32.7 Å². The van der Waals surface area contributed by atoms with Gasteiger partial charge in [0.15, 0.2) is 11.5 Å². The molecule has 0 aromatic heterocycles. The second-order valence-corrected chi connectivity index (χ2v) is 9.28. The van der Waals surface area contributed by atoms with Crippen molar-refractivity contribution in [2.24, 2.45) is 0 Å². The van der Waals surface area contributed by atoms with Crippen LogP contribution in [0.25, 0.3) is 6.08 Å². The predicted molar refractivity (Wildman–Crippen MR) is 126 cm³/mol. The molecule has 3 aromatic rings. The molecule has 1 aliphatic heterocycles. The minimum absolute atomic E-state index is 0.0309. The maximum Gasteiger partial charge on any atom is 0.200 e. The lowest BCUT2D eigenvalue weighted by atomic mass is 10.1. The highest BCUT2D eigenvalue weighted by molar-refractivity contribution is 9.10. The fourth-order valence-corrected chi connectivity index (χ4v) is 5.13. The van der Waals surface area contributed by atoms with Crippen LogP contribution in [0.3, 0.4) is 0 Å². The van der Waals surface area contributed by atoms with Gasteiger partial charge in [-0.25, -0.2) is 0 Å². The molecule has 0 spiro atoms. The quantitative estimate of drug-likeness (QED) is 0.322. The second kappa shape index (κ2) is 9.06. The van der Waals surface area contributed by atoms with E-state index in [9.17, 15) is 4.79 Å². The van der Waals surface area contributed by atoms with E-state index in [1.54, 1.807) is 19.2 Å². The molecule has 7 heteroatoms. The first kappa shape index (κ1) is 21.3. The van der Waals surface area contributed by atoms with Gasteiger partial charge in [0.05, 0.1) is 16.5 Å². The third-order valence-electron chi connectivity index (χ3n) is 4.51. The topological polar surface area (TPSA) is 35.5 Å². The van der Waals surface area contributed by atoms with Crippen molar-refractivity contribution in [2.45, 2.75) is 11.5 Å². The van der Waals surface area contributed by atoms with Gasteiger partial charge in [-0.15, -0.1) is 0 Å². The van der Waals surface area contributed by atoms with Gasteiger partial charge in [0.25, 0.3) is 0 Å². The number of methoxy groups -OCH3 is 1. The lowest BCUT2D eigenvalue weighted by Crippen LogP contribution is -2.00. The molecule has 0 fully saturated rings. The Labute approximate surface area is 197 Å². The van der Waals surface area contributed by atoms with E-state index in [2.05, 4.69) is 15.9 Å². The summed E-state index contributed by atoms with van der Waals surface area (Å²) >= 11 is 17.2. The summed E-state index contributed by atoms with van der Waals surface area (Å²) in [5.74, 6) is 1.14. The Morgan fingerprint density at radius 3 is 2.63 bits per heavy atom. The van der Waals surface area contributed by atoms with Crippen LogP contribution in [0.2, 0.25) is 10.0 Å². The molecule has 0 N–H and O–H groups in total. The SMILES string of the molecule is COc1cc(/C=C2\Sc3ccccc3C2=O)cc(Br)c1OCc1ccc(Cl)cc1Cl. The summed E-state index contributed by atoms with van der Waals surface area (Å²) in [4.78, 5) is 14.3. The number of halogens is 3. The zero-order chi connectivity index (χ0) is 21.3. The minimum atomic E-state index is 0.0309. The van der Waals surface area contributed by atoms with Gasteiger partial charge in [-0.05, 0) is 64.0 Å². The lowest BCUT2D eigenvalue weighted by Gasteiger charge is -2.14. The summed E-state index contributed by atoms with van der Waals surface area (Å²) in [5.41, 5.74) is 2.38. The summed E-state index contributed by atoms with van der Waals surface area (Å²) < 4.78 is 12.2. The summed E-state index contributed by atoms with van der Waals surface area (Å²) in [6.07, 6.45) is 1.86. The van der Waals surface area contributed by atoms with Crippen molar-refractivity contribution < 1.29 is 14.3 Å². The first-order valence-corrected chi connectivity index (χ1v) is 11.3. The molecule has 0 unspecified atom stereocenters. The number of carbonyl (C=O) groups excluding carboxylic acids is 1. The Hall–Kier alpha value is -1.92. The fourth-order valence-electron chi connectivity index (χ4n) is 3.04. The zero-order valence-corrected chi connectivity index (χ0v) is 19.7. The number of allylic oxidation sites excluding steroid dienone is 1. The van der Waals surface area contributed by atoms with E-state index in [0.717, 1.165) is 21.6 Å². The third kappa shape index (κ3) is 4.40. The standard InChI is InChI=1S/C23H15BrCl2O3S/c1-28-19-9-13(10-21-22(27)16-4-2-3-5-20(16)30-21)8-17(24)23(19)29-12-14-6-7-15(25)11-18(14)26/h2-11H,12H2,1H3/b21-10-. The van der Waals surface area contributed by atoms with Crippen molar-refractivity contribution >= 4 is 62.8 Å². The molecule has 152 valence electrons. The normalized spacial score (nSPS) is 14.1. The van der Waals surface area contributed by atoms with Crippen LogP contribution in [0.4, 0.5) is 0 Å². The number of ketones is 1. The number of hydrogen-bond donors (Lipinski definition) is 0. The van der Waals surface area contributed by atoms with Gasteiger partial charge in [0, 0.05) is 26.1 Å². The van der Waals surface area contributed by atoms with E-state index in [0.29, 0.717) is 30.9 Å². The molecule has 0 amide bonds. The molecule has 0 atom stereocenters. The van der Waals surface area contributed by atoms with Crippen molar-refractivity contribution in [3.8, 4) is 11.5 Å². The van der Waals surface area contributed by atoms with Crippen LogP contribution in [-0.4, -0.2) is 12.9 Å². The van der Waals surface area contributed by atoms with Crippen molar-refractivity contribution in [3.63, 3.8) is 0 Å². The summed E-state index contributed by atoms with van der Waals surface area (Å²) in [5, 5.41) is 1.11. The first-order valence-electron chi connectivity index (χ1n) is 8.94. The van der Waals surface area contributed by atoms with Gasteiger partial charge in [0.2, 0.25) is 5.78 Å². The van der Waals surface area contributed by atoms with E-state index < -0.39 is 0 Å². The van der Waals surface area contributed by atoms with Crippen LogP contribution in [0.1, 0.15) is 21.5 Å². The molecule has 30 heavy (non-hydrogen) atoms.